The number of hydrogen-bond acceptors (Lipinski definition) is 5. The van der Waals surface area contributed by atoms with Crippen LogP contribution in [0.5, 0.6) is 11.5 Å². The molecule has 0 saturated carbocycles. The normalized spacial score (nSPS) is 17.7. The van der Waals surface area contributed by atoms with E-state index in [-0.39, 0.29) is 5.91 Å². The fraction of sp³-hybridized carbons (Fsp3) is 0.350. The topological polar surface area (TPSA) is 57.2 Å². The molecule has 2 aromatic carbocycles. The van der Waals surface area contributed by atoms with Crippen LogP contribution in [0.25, 0.3) is 0 Å². The van der Waals surface area contributed by atoms with Crippen LogP contribution in [0.2, 0.25) is 0 Å². The van der Waals surface area contributed by atoms with E-state index in [1.165, 1.54) is 0 Å². The van der Waals surface area contributed by atoms with Crippen molar-refractivity contribution in [1.82, 2.24) is 0 Å². The smallest absolute Gasteiger partial charge is 0.292 e. The zero-order valence-electron chi connectivity index (χ0n) is 15.1. The average Bonchev–Trinajstić information content (AvgIpc) is 3.23. The Kier molecular flexibility index (Phi) is 4.09. The summed E-state index contributed by atoms with van der Waals surface area (Å²) in [6.45, 7) is 3.20. The van der Waals surface area contributed by atoms with Crippen LogP contribution in [0.15, 0.2) is 36.4 Å². The number of carbonyl (C=O) groups is 1. The number of fused-ring (bicyclic) bond motifs is 2. The highest BCUT2D eigenvalue weighted by molar-refractivity contribution is 6.06. The lowest BCUT2D eigenvalue weighted by atomic mass is 10.0. The van der Waals surface area contributed by atoms with Crippen LogP contribution < -0.4 is 14.4 Å². The number of amides is 1. The maximum Gasteiger partial charge on any atom is 0.292 e. The molecule has 1 fully saturated rings. The second kappa shape index (κ2) is 6.30. The first-order chi connectivity index (χ1) is 12.6. The van der Waals surface area contributed by atoms with Crippen molar-refractivity contribution >= 4 is 11.6 Å². The van der Waals surface area contributed by atoms with Crippen LogP contribution in [0, 0.1) is 6.92 Å². The van der Waals surface area contributed by atoms with E-state index in [0.29, 0.717) is 31.3 Å². The van der Waals surface area contributed by atoms with E-state index in [2.05, 4.69) is 0 Å². The molecule has 4 rings (SSSR count). The minimum atomic E-state index is -1.31. The number of benzene rings is 2. The number of anilines is 1. The predicted molar refractivity (Wildman–Crippen MR) is 95.5 cm³/mol. The van der Waals surface area contributed by atoms with Gasteiger partial charge < -0.3 is 23.8 Å². The molecule has 1 amide bonds. The van der Waals surface area contributed by atoms with Crippen LogP contribution in [-0.2, 0) is 26.6 Å². The number of nitrogens with zero attached hydrogens (tertiary/aromatic N) is 1. The van der Waals surface area contributed by atoms with Crippen molar-refractivity contribution in [3.8, 4) is 11.5 Å². The van der Waals surface area contributed by atoms with Gasteiger partial charge in [0.25, 0.3) is 11.7 Å². The molecule has 0 atom stereocenters. The quantitative estimate of drug-likeness (QED) is 0.844. The van der Waals surface area contributed by atoms with Crippen LogP contribution in [0.4, 0.5) is 5.69 Å². The molecule has 2 aliphatic heterocycles. The molecule has 6 nitrogen and oxygen atoms in total. The van der Waals surface area contributed by atoms with E-state index in [4.69, 9.17) is 18.9 Å². The van der Waals surface area contributed by atoms with Gasteiger partial charge >= 0.3 is 0 Å². The molecule has 0 bridgehead atoms. The summed E-state index contributed by atoms with van der Waals surface area (Å²) in [6, 6.07) is 11.5. The fourth-order valence-electron chi connectivity index (χ4n) is 3.56. The minimum absolute atomic E-state index is 0.189. The van der Waals surface area contributed by atoms with E-state index >= 15 is 0 Å². The monoisotopic (exact) mass is 355 g/mol. The molecule has 2 heterocycles. The summed E-state index contributed by atoms with van der Waals surface area (Å²) in [5.74, 6) is -0.217. The van der Waals surface area contributed by atoms with Gasteiger partial charge in [0.15, 0.2) is 11.5 Å². The second-order valence-corrected chi connectivity index (χ2v) is 6.41. The van der Waals surface area contributed by atoms with Crippen molar-refractivity contribution in [3.05, 3.63) is 53.1 Å². The summed E-state index contributed by atoms with van der Waals surface area (Å²) in [5.41, 5.74) is 3.58. The third-order valence-corrected chi connectivity index (χ3v) is 4.81. The van der Waals surface area contributed by atoms with Crippen molar-refractivity contribution in [2.24, 2.45) is 0 Å². The van der Waals surface area contributed by atoms with Gasteiger partial charge in [-0.05, 0) is 36.8 Å². The standard InChI is InChI=1S/C20H21NO5/c1-13-4-6-16-15(10-13)20(25-8-9-26-20)19(22)21(16)12-14-5-7-17(23-2)18(11-14)24-3/h4-7,10-11H,8-9,12H2,1-3H3. The second-order valence-electron chi connectivity index (χ2n) is 6.41. The molecule has 0 N–H and O–H groups in total. The molecule has 2 aromatic rings. The van der Waals surface area contributed by atoms with E-state index < -0.39 is 5.79 Å². The minimum Gasteiger partial charge on any atom is -0.493 e. The van der Waals surface area contributed by atoms with Gasteiger partial charge in [-0.1, -0.05) is 17.7 Å². The molecular formula is C20H21NO5. The highest BCUT2D eigenvalue weighted by Gasteiger charge is 2.56. The summed E-state index contributed by atoms with van der Waals surface area (Å²) >= 11 is 0. The summed E-state index contributed by atoms with van der Waals surface area (Å²) in [5, 5.41) is 0. The van der Waals surface area contributed by atoms with Gasteiger partial charge in [0.1, 0.15) is 0 Å². The number of hydrogen-bond donors (Lipinski definition) is 0. The highest BCUT2D eigenvalue weighted by atomic mass is 16.7. The molecule has 0 aromatic heterocycles. The third-order valence-electron chi connectivity index (χ3n) is 4.81. The molecule has 0 unspecified atom stereocenters. The zero-order chi connectivity index (χ0) is 18.3. The van der Waals surface area contributed by atoms with E-state index in [0.717, 1.165) is 22.4 Å². The first-order valence-electron chi connectivity index (χ1n) is 8.51. The molecule has 26 heavy (non-hydrogen) atoms. The molecule has 2 aliphatic rings. The predicted octanol–water partition coefficient (Wildman–Crippen LogP) is 2.76. The Balaban J connectivity index is 1.73. The Bertz CT molecular complexity index is 857. The van der Waals surface area contributed by atoms with Gasteiger partial charge in [0.2, 0.25) is 0 Å². The number of aryl methyl sites for hydroxylation is 1. The molecule has 6 heteroatoms. The van der Waals surface area contributed by atoms with Crippen LogP contribution >= 0.6 is 0 Å². The molecule has 1 saturated heterocycles. The Morgan fingerprint density at radius 3 is 2.46 bits per heavy atom. The van der Waals surface area contributed by atoms with Crippen LogP contribution in [0.1, 0.15) is 16.7 Å². The molecular weight excluding hydrogens is 334 g/mol. The summed E-state index contributed by atoms with van der Waals surface area (Å²) in [4.78, 5) is 14.9. The van der Waals surface area contributed by atoms with Crippen molar-refractivity contribution in [3.63, 3.8) is 0 Å². The molecule has 1 spiro atoms. The summed E-state index contributed by atoms with van der Waals surface area (Å²) in [7, 11) is 3.19. The molecule has 0 radical (unpaired) electrons. The first kappa shape index (κ1) is 16.9. The Labute approximate surface area is 152 Å². The summed E-state index contributed by atoms with van der Waals surface area (Å²) in [6.07, 6.45) is 0. The lowest BCUT2D eigenvalue weighted by molar-refractivity contribution is -0.180. The number of ether oxygens (including phenoxy) is 4. The van der Waals surface area contributed by atoms with Crippen molar-refractivity contribution < 1.29 is 23.7 Å². The highest BCUT2D eigenvalue weighted by Crippen LogP contribution is 2.46. The Morgan fingerprint density at radius 1 is 1.04 bits per heavy atom. The third kappa shape index (κ3) is 2.45. The van der Waals surface area contributed by atoms with Gasteiger partial charge in [-0.15, -0.1) is 0 Å². The van der Waals surface area contributed by atoms with E-state index in [1.807, 2.05) is 43.3 Å². The fourth-order valence-corrected chi connectivity index (χ4v) is 3.56. The van der Waals surface area contributed by atoms with Crippen molar-refractivity contribution in [2.45, 2.75) is 19.3 Å². The Morgan fingerprint density at radius 2 is 1.77 bits per heavy atom. The van der Waals surface area contributed by atoms with Gasteiger partial charge in [-0.25, -0.2) is 0 Å². The molecule has 0 aliphatic carbocycles. The lowest BCUT2D eigenvalue weighted by Crippen LogP contribution is -2.40. The average molecular weight is 355 g/mol. The summed E-state index contributed by atoms with van der Waals surface area (Å²) < 4.78 is 22.2. The van der Waals surface area contributed by atoms with Crippen molar-refractivity contribution in [1.29, 1.82) is 0 Å². The maximum atomic E-state index is 13.2. The van der Waals surface area contributed by atoms with Gasteiger partial charge in [0, 0.05) is 5.56 Å². The van der Waals surface area contributed by atoms with Gasteiger partial charge in [-0.2, -0.15) is 0 Å². The largest absolute Gasteiger partial charge is 0.493 e. The SMILES string of the molecule is COc1ccc(CN2C(=O)C3(OCCO3)c3cc(C)ccc32)cc1OC. The Hall–Kier alpha value is -2.57. The van der Waals surface area contributed by atoms with Gasteiger partial charge in [0.05, 0.1) is 39.7 Å². The lowest BCUT2D eigenvalue weighted by Gasteiger charge is -2.22. The first-order valence-corrected chi connectivity index (χ1v) is 8.51. The number of carbonyl (C=O) groups excluding carboxylic acids is 1. The number of methoxy groups -OCH3 is 2. The van der Waals surface area contributed by atoms with Crippen LogP contribution in [0.3, 0.4) is 0 Å². The van der Waals surface area contributed by atoms with Gasteiger partial charge in [-0.3, -0.25) is 4.79 Å². The molecule has 136 valence electrons. The number of rotatable bonds is 4. The van der Waals surface area contributed by atoms with E-state index in [9.17, 15) is 4.79 Å². The maximum absolute atomic E-state index is 13.2. The van der Waals surface area contributed by atoms with Crippen LogP contribution in [-0.4, -0.2) is 33.3 Å². The van der Waals surface area contributed by atoms with E-state index in [1.54, 1.807) is 19.1 Å². The zero-order valence-corrected chi connectivity index (χ0v) is 15.1. The van der Waals surface area contributed by atoms with Crippen molar-refractivity contribution in [2.75, 3.05) is 32.3 Å².